The van der Waals surface area contributed by atoms with E-state index in [9.17, 15) is 4.79 Å². The first-order chi connectivity index (χ1) is 11.2. The largest absolute Gasteiger partial charge is 0.467 e. The van der Waals surface area contributed by atoms with Crippen molar-refractivity contribution < 1.29 is 9.53 Å². The zero-order valence-corrected chi connectivity index (χ0v) is 13.6. The molecule has 0 bridgehead atoms. The standard InChI is InChI=1S/C18H16N2O2S/c1-12-4-5-16-13(7-12)8-14-9-20(10-15-3-2-6-23-15)17(21)11-22-18(14)19-16/h2-8H,9-11H2,1H3. The minimum Gasteiger partial charge on any atom is -0.467 e. The van der Waals surface area contributed by atoms with Crippen LogP contribution in [-0.2, 0) is 17.9 Å². The average Bonchev–Trinajstić information content (AvgIpc) is 2.99. The molecule has 116 valence electrons. The Morgan fingerprint density at radius 3 is 3.04 bits per heavy atom. The molecule has 0 spiro atoms. The van der Waals surface area contributed by atoms with Crippen molar-refractivity contribution in [1.82, 2.24) is 9.88 Å². The van der Waals surface area contributed by atoms with E-state index in [4.69, 9.17) is 4.74 Å². The summed E-state index contributed by atoms with van der Waals surface area (Å²) in [4.78, 5) is 19.9. The minimum absolute atomic E-state index is 0.00311. The molecule has 3 aromatic rings. The van der Waals surface area contributed by atoms with Crippen LogP contribution in [-0.4, -0.2) is 22.4 Å². The minimum atomic E-state index is -0.00311. The number of nitrogens with zero attached hydrogens (tertiary/aromatic N) is 2. The molecule has 0 saturated heterocycles. The summed E-state index contributed by atoms with van der Waals surface area (Å²) in [6.07, 6.45) is 0. The van der Waals surface area contributed by atoms with Gasteiger partial charge in [0.1, 0.15) is 0 Å². The molecule has 0 fully saturated rings. The van der Waals surface area contributed by atoms with Crippen molar-refractivity contribution in [3.63, 3.8) is 0 Å². The van der Waals surface area contributed by atoms with E-state index in [2.05, 4.69) is 24.0 Å². The number of pyridine rings is 1. The SMILES string of the molecule is Cc1ccc2nc3c(cc2c1)CN(Cc1cccs1)C(=O)CO3. The molecule has 1 aliphatic rings. The van der Waals surface area contributed by atoms with Gasteiger partial charge < -0.3 is 9.64 Å². The van der Waals surface area contributed by atoms with Crippen molar-refractivity contribution >= 4 is 28.1 Å². The number of benzene rings is 1. The van der Waals surface area contributed by atoms with Crippen LogP contribution in [0.2, 0.25) is 0 Å². The van der Waals surface area contributed by atoms with Crippen LogP contribution in [0, 0.1) is 6.92 Å². The van der Waals surface area contributed by atoms with E-state index in [-0.39, 0.29) is 12.5 Å². The van der Waals surface area contributed by atoms with Gasteiger partial charge in [0.2, 0.25) is 5.88 Å². The van der Waals surface area contributed by atoms with Crippen LogP contribution >= 0.6 is 11.3 Å². The second kappa shape index (κ2) is 5.66. The number of carbonyl (C=O) groups excluding carboxylic acids is 1. The normalized spacial score (nSPS) is 14.5. The first-order valence-corrected chi connectivity index (χ1v) is 8.40. The zero-order valence-electron chi connectivity index (χ0n) is 12.8. The Balaban J connectivity index is 1.71. The summed E-state index contributed by atoms with van der Waals surface area (Å²) in [7, 11) is 0. The molecule has 0 unspecified atom stereocenters. The molecule has 5 heteroatoms. The lowest BCUT2D eigenvalue weighted by molar-refractivity contribution is -0.133. The van der Waals surface area contributed by atoms with Crippen molar-refractivity contribution in [1.29, 1.82) is 0 Å². The van der Waals surface area contributed by atoms with Crippen LogP contribution in [0.25, 0.3) is 10.9 Å². The quantitative estimate of drug-likeness (QED) is 0.724. The molecule has 0 atom stereocenters. The molecule has 0 radical (unpaired) electrons. The predicted molar refractivity (Wildman–Crippen MR) is 90.5 cm³/mol. The van der Waals surface area contributed by atoms with Gasteiger partial charge in [0, 0.05) is 15.8 Å². The maximum atomic E-state index is 12.3. The van der Waals surface area contributed by atoms with Crippen LogP contribution in [0.1, 0.15) is 16.0 Å². The van der Waals surface area contributed by atoms with Crippen LogP contribution < -0.4 is 4.74 Å². The lowest BCUT2D eigenvalue weighted by Crippen LogP contribution is -2.31. The number of carbonyl (C=O) groups is 1. The Bertz CT molecular complexity index is 874. The van der Waals surface area contributed by atoms with Crippen molar-refractivity contribution in [2.45, 2.75) is 20.0 Å². The van der Waals surface area contributed by atoms with E-state index >= 15 is 0 Å². The Kier molecular flexibility index (Phi) is 3.50. The number of hydrogen-bond acceptors (Lipinski definition) is 4. The highest BCUT2D eigenvalue weighted by atomic mass is 32.1. The molecule has 4 nitrogen and oxygen atoms in total. The van der Waals surface area contributed by atoms with E-state index in [0.29, 0.717) is 19.0 Å². The summed E-state index contributed by atoms with van der Waals surface area (Å²) >= 11 is 1.66. The van der Waals surface area contributed by atoms with Crippen LogP contribution in [0.5, 0.6) is 5.88 Å². The van der Waals surface area contributed by atoms with Gasteiger partial charge in [-0.15, -0.1) is 11.3 Å². The fraction of sp³-hybridized carbons (Fsp3) is 0.222. The number of ether oxygens (including phenoxy) is 1. The molecule has 0 saturated carbocycles. The second-order valence-electron chi connectivity index (χ2n) is 5.77. The lowest BCUT2D eigenvalue weighted by Gasteiger charge is -2.19. The van der Waals surface area contributed by atoms with E-state index < -0.39 is 0 Å². The summed E-state index contributed by atoms with van der Waals surface area (Å²) in [6.45, 7) is 3.26. The van der Waals surface area contributed by atoms with Gasteiger partial charge in [0.25, 0.3) is 5.91 Å². The lowest BCUT2D eigenvalue weighted by atomic mass is 10.1. The molecule has 2 aromatic heterocycles. The smallest absolute Gasteiger partial charge is 0.261 e. The molecule has 1 aromatic carbocycles. The molecule has 23 heavy (non-hydrogen) atoms. The number of thiophene rings is 1. The summed E-state index contributed by atoms with van der Waals surface area (Å²) in [5.74, 6) is 0.569. The van der Waals surface area contributed by atoms with Crippen molar-refractivity contribution in [2.24, 2.45) is 0 Å². The zero-order chi connectivity index (χ0) is 15.8. The Labute approximate surface area is 138 Å². The van der Waals surface area contributed by atoms with Crippen LogP contribution in [0.15, 0.2) is 41.8 Å². The summed E-state index contributed by atoms with van der Waals surface area (Å²) in [6, 6.07) is 12.3. The summed E-state index contributed by atoms with van der Waals surface area (Å²) in [5.41, 5.74) is 3.05. The van der Waals surface area contributed by atoms with Gasteiger partial charge >= 0.3 is 0 Å². The van der Waals surface area contributed by atoms with Gasteiger partial charge in [0.15, 0.2) is 6.61 Å². The highest BCUT2D eigenvalue weighted by Gasteiger charge is 2.23. The van der Waals surface area contributed by atoms with E-state index in [1.807, 2.05) is 34.5 Å². The van der Waals surface area contributed by atoms with Gasteiger partial charge in [0.05, 0.1) is 18.6 Å². The molecule has 4 rings (SSSR count). The first-order valence-electron chi connectivity index (χ1n) is 7.52. The predicted octanol–water partition coefficient (Wildman–Crippen LogP) is 3.53. The molecule has 3 heterocycles. The maximum Gasteiger partial charge on any atom is 0.261 e. The third-order valence-electron chi connectivity index (χ3n) is 3.98. The maximum absolute atomic E-state index is 12.3. The van der Waals surface area contributed by atoms with Gasteiger partial charge in [-0.3, -0.25) is 4.79 Å². The Hall–Kier alpha value is -2.40. The molecule has 1 amide bonds. The van der Waals surface area contributed by atoms with Crippen molar-refractivity contribution in [2.75, 3.05) is 6.61 Å². The molecular weight excluding hydrogens is 308 g/mol. The number of aryl methyl sites for hydroxylation is 1. The molecule has 0 N–H and O–H groups in total. The monoisotopic (exact) mass is 324 g/mol. The average molecular weight is 324 g/mol. The number of rotatable bonds is 2. The van der Waals surface area contributed by atoms with Crippen LogP contribution in [0.4, 0.5) is 0 Å². The molecule has 0 aliphatic carbocycles. The second-order valence-corrected chi connectivity index (χ2v) is 6.80. The number of aromatic nitrogens is 1. The first kappa shape index (κ1) is 14.2. The Morgan fingerprint density at radius 1 is 1.30 bits per heavy atom. The fourth-order valence-corrected chi connectivity index (χ4v) is 3.53. The number of hydrogen-bond donors (Lipinski definition) is 0. The molecule has 1 aliphatic heterocycles. The topological polar surface area (TPSA) is 42.4 Å². The third-order valence-corrected chi connectivity index (χ3v) is 4.84. The van der Waals surface area contributed by atoms with Gasteiger partial charge in [-0.05, 0) is 36.6 Å². The Morgan fingerprint density at radius 2 is 2.22 bits per heavy atom. The molecular formula is C18H16N2O2S. The van der Waals surface area contributed by atoms with Crippen molar-refractivity contribution in [3.05, 3.63) is 57.8 Å². The van der Waals surface area contributed by atoms with Gasteiger partial charge in [-0.25, -0.2) is 4.98 Å². The summed E-state index contributed by atoms with van der Waals surface area (Å²) in [5, 5.41) is 3.11. The van der Waals surface area contributed by atoms with Crippen molar-refractivity contribution in [3.8, 4) is 5.88 Å². The van der Waals surface area contributed by atoms with Gasteiger partial charge in [-0.1, -0.05) is 17.7 Å². The highest BCUT2D eigenvalue weighted by molar-refractivity contribution is 7.09. The van der Waals surface area contributed by atoms with Gasteiger partial charge in [-0.2, -0.15) is 0 Å². The fourth-order valence-electron chi connectivity index (χ4n) is 2.81. The van der Waals surface area contributed by atoms with E-state index in [0.717, 1.165) is 16.5 Å². The number of amides is 1. The third kappa shape index (κ3) is 2.80. The van der Waals surface area contributed by atoms with E-state index in [1.54, 1.807) is 11.3 Å². The highest BCUT2D eigenvalue weighted by Crippen LogP contribution is 2.27. The summed E-state index contributed by atoms with van der Waals surface area (Å²) < 4.78 is 5.65. The van der Waals surface area contributed by atoms with Crippen LogP contribution in [0.3, 0.4) is 0 Å². The number of fused-ring (bicyclic) bond motifs is 2. The van der Waals surface area contributed by atoms with E-state index in [1.165, 1.54) is 10.4 Å².